The van der Waals surface area contributed by atoms with Gasteiger partial charge < -0.3 is 14.6 Å². The van der Waals surface area contributed by atoms with Gasteiger partial charge in [0.1, 0.15) is 6.29 Å². The van der Waals surface area contributed by atoms with Crippen LogP contribution in [0.15, 0.2) is 12.1 Å². The van der Waals surface area contributed by atoms with Crippen molar-refractivity contribution in [2.75, 3.05) is 7.11 Å². The topological polar surface area (TPSA) is 55.8 Å². The highest BCUT2D eigenvalue weighted by atomic mass is 16.5. The van der Waals surface area contributed by atoms with Gasteiger partial charge in [-0.2, -0.15) is 0 Å². The Morgan fingerprint density at radius 3 is 2.65 bits per heavy atom. The molecule has 4 nitrogen and oxygen atoms in total. The number of ether oxygens (including phenoxy) is 2. The summed E-state index contributed by atoms with van der Waals surface area (Å²) in [6.07, 6.45) is 1.59. The number of methoxy groups -OCH3 is 1. The summed E-state index contributed by atoms with van der Waals surface area (Å²) in [5.41, 5.74) is 1.02. The maximum absolute atomic E-state index is 10.8. The molecule has 1 N–H and O–H groups in total. The largest absolute Gasteiger partial charge is 0.493 e. The Labute approximate surface area is 101 Å². The third-order valence-corrected chi connectivity index (χ3v) is 2.57. The van der Waals surface area contributed by atoms with Gasteiger partial charge in [-0.25, -0.2) is 0 Å². The zero-order valence-corrected chi connectivity index (χ0v) is 10.4. The fraction of sp³-hybridized carbons (Fsp3) is 0.462. The Morgan fingerprint density at radius 2 is 2.18 bits per heavy atom. The van der Waals surface area contributed by atoms with Gasteiger partial charge in [-0.3, -0.25) is 4.79 Å². The molecule has 0 aliphatic carbocycles. The van der Waals surface area contributed by atoms with Crippen LogP contribution >= 0.6 is 0 Å². The first-order valence-electron chi connectivity index (χ1n) is 5.59. The molecule has 0 fully saturated rings. The van der Waals surface area contributed by atoms with Crippen LogP contribution in [-0.4, -0.2) is 24.6 Å². The zero-order chi connectivity index (χ0) is 12.8. The Hall–Kier alpha value is -1.55. The monoisotopic (exact) mass is 238 g/mol. The van der Waals surface area contributed by atoms with E-state index in [9.17, 15) is 9.90 Å². The van der Waals surface area contributed by atoms with Crippen molar-refractivity contribution in [3.63, 3.8) is 0 Å². The summed E-state index contributed by atoms with van der Waals surface area (Å²) in [5, 5.41) is 9.29. The molecule has 1 aromatic carbocycles. The third-order valence-electron chi connectivity index (χ3n) is 2.57. The second kappa shape index (κ2) is 6.25. The lowest BCUT2D eigenvalue weighted by Crippen LogP contribution is -2.12. The van der Waals surface area contributed by atoms with Crippen LogP contribution in [0.3, 0.4) is 0 Å². The molecule has 0 bridgehead atoms. The van der Waals surface area contributed by atoms with Gasteiger partial charge in [0.2, 0.25) is 0 Å². The molecule has 0 aliphatic rings. The lowest BCUT2D eigenvalue weighted by molar-refractivity contribution is 0.112. The fourth-order valence-electron chi connectivity index (χ4n) is 1.44. The molecule has 4 heteroatoms. The normalized spacial score (nSPS) is 12.0. The quantitative estimate of drug-likeness (QED) is 0.772. The minimum Gasteiger partial charge on any atom is -0.493 e. The van der Waals surface area contributed by atoms with Crippen molar-refractivity contribution in [3.05, 3.63) is 23.3 Å². The fourth-order valence-corrected chi connectivity index (χ4v) is 1.44. The van der Waals surface area contributed by atoms with E-state index in [1.54, 1.807) is 12.1 Å². The molecule has 1 rings (SSSR count). The molecule has 0 heterocycles. The van der Waals surface area contributed by atoms with Crippen molar-refractivity contribution in [2.45, 2.75) is 33.0 Å². The molecule has 0 saturated carbocycles. The van der Waals surface area contributed by atoms with Gasteiger partial charge >= 0.3 is 0 Å². The highest BCUT2D eigenvalue weighted by Gasteiger charge is 2.14. The van der Waals surface area contributed by atoms with E-state index in [1.807, 2.05) is 13.8 Å². The molecule has 0 spiro atoms. The standard InChI is InChI=1S/C13H18O4/c1-4-9(2)17-13-11(8-15)5-10(7-14)6-12(13)16-3/h5-7,9,15H,4,8H2,1-3H3. The number of hydrogen-bond acceptors (Lipinski definition) is 4. The van der Waals surface area contributed by atoms with Gasteiger partial charge in [-0.1, -0.05) is 6.92 Å². The summed E-state index contributed by atoms with van der Waals surface area (Å²) < 4.78 is 10.9. The highest BCUT2D eigenvalue weighted by Crippen LogP contribution is 2.33. The summed E-state index contributed by atoms with van der Waals surface area (Å²) in [7, 11) is 1.51. The average Bonchev–Trinajstić information content (AvgIpc) is 2.38. The van der Waals surface area contributed by atoms with Crippen LogP contribution in [0, 0.1) is 0 Å². The molecule has 0 radical (unpaired) electrons. The summed E-state index contributed by atoms with van der Waals surface area (Å²) in [6, 6.07) is 3.21. The van der Waals surface area contributed by atoms with E-state index in [2.05, 4.69) is 0 Å². The molecule has 1 unspecified atom stereocenters. The molecule has 1 aromatic rings. The summed E-state index contributed by atoms with van der Waals surface area (Å²) in [6.45, 7) is 3.76. The van der Waals surface area contributed by atoms with Gasteiger partial charge in [0, 0.05) is 11.1 Å². The number of aliphatic hydroxyl groups excluding tert-OH is 1. The van der Waals surface area contributed by atoms with Gasteiger partial charge in [-0.15, -0.1) is 0 Å². The number of carbonyl (C=O) groups is 1. The third kappa shape index (κ3) is 3.20. The summed E-state index contributed by atoms with van der Waals surface area (Å²) >= 11 is 0. The molecule has 1 atom stereocenters. The van der Waals surface area contributed by atoms with Crippen molar-refractivity contribution < 1.29 is 19.4 Å². The van der Waals surface area contributed by atoms with Gasteiger partial charge in [-0.05, 0) is 25.5 Å². The lowest BCUT2D eigenvalue weighted by atomic mass is 10.1. The second-order valence-electron chi connectivity index (χ2n) is 3.82. The summed E-state index contributed by atoms with van der Waals surface area (Å²) in [5.74, 6) is 0.980. The van der Waals surface area contributed by atoms with E-state index in [4.69, 9.17) is 9.47 Å². The van der Waals surface area contributed by atoms with E-state index in [0.29, 0.717) is 28.9 Å². The SMILES string of the molecule is CCC(C)Oc1c(CO)cc(C=O)cc1OC. The maximum Gasteiger partial charge on any atom is 0.167 e. The molecule has 17 heavy (non-hydrogen) atoms. The van der Waals surface area contributed by atoms with Crippen LogP contribution in [0.2, 0.25) is 0 Å². The van der Waals surface area contributed by atoms with Crippen molar-refractivity contribution in [1.82, 2.24) is 0 Å². The predicted octanol–water partition coefficient (Wildman–Crippen LogP) is 2.18. The van der Waals surface area contributed by atoms with E-state index >= 15 is 0 Å². The average molecular weight is 238 g/mol. The number of carbonyl (C=O) groups excluding carboxylic acids is 1. The molecular formula is C13H18O4. The minimum atomic E-state index is -0.191. The van der Waals surface area contributed by atoms with Crippen LogP contribution in [0.1, 0.15) is 36.2 Å². The highest BCUT2D eigenvalue weighted by molar-refractivity contribution is 5.77. The van der Waals surface area contributed by atoms with Crippen molar-refractivity contribution in [3.8, 4) is 11.5 Å². The van der Waals surface area contributed by atoms with E-state index in [1.165, 1.54) is 7.11 Å². The molecule has 0 aromatic heterocycles. The molecule has 94 valence electrons. The number of rotatable bonds is 6. The van der Waals surface area contributed by atoms with E-state index in [-0.39, 0.29) is 12.7 Å². The first-order chi connectivity index (χ1) is 8.15. The molecule has 0 aliphatic heterocycles. The van der Waals surface area contributed by atoms with Crippen LogP contribution in [-0.2, 0) is 6.61 Å². The van der Waals surface area contributed by atoms with E-state index < -0.39 is 0 Å². The van der Waals surface area contributed by atoms with Crippen molar-refractivity contribution in [2.24, 2.45) is 0 Å². The van der Waals surface area contributed by atoms with Crippen LogP contribution in [0.25, 0.3) is 0 Å². The molecular weight excluding hydrogens is 220 g/mol. The Balaban J connectivity index is 3.19. The van der Waals surface area contributed by atoms with Gasteiger partial charge in [0.05, 0.1) is 19.8 Å². The Bertz CT molecular complexity index is 362. The van der Waals surface area contributed by atoms with Gasteiger partial charge in [0.25, 0.3) is 0 Å². The maximum atomic E-state index is 10.8. The van der Waals surface area contributed by atoms with Crippen molar-refractivity contribution in [1.29, 1.82) is 0 Å². The lowest BCUT2D eigenvalue weighted by Gasteiger charge is -2.18. The number of benzene rings is 1. The van der Waals surface area contributed by atoms with Crippen LogP contribution in [0.4, 0.5) is 0 Å². The zero-order valence-electron chi connectivity index (χ0n) is 10.4. The van der Waals surface area contributed by atoms with Crippen LogP contribution < -0.4 is 9.47 Å². The Morgan fingerprint density at radius 1 is 1.47 bits per heavy atom. The smallest absolute Gasteiger partial charge is 0.167 e. The predicted molar refractivity (Wildman–Crippen MR) is 64.7 cm³/mol. The first-order valence-corrected chi connectivity index (χ1v) is 5.59. The summed E-state index contributed by atoms with van der Waals surface area (Å²) in [4.78, 5) is 10.8. The number of hydrogen-bond donors (Lipinski definition) is 1. The number of aldehydes is 1. The van der Waals surface area contributed by atoms with Crippen molar-refractivity contribution >= 4 is 6.29 Å². The molecule has 0 amide bonds. The Kier molecular flexibility index (Phi) is 4.97. The number of aliphatic hydroxyl groups is 1. The van der Waals surface area contributed by atoms with Crippen LogP contribution in [0.5, 0.6) is 11.5 Å². The molecule has 0 saturated heterocycles. The van der Waals surface area contributed by atoms with E-state index in [0.717, 1.165) is 6.42 Å². The van der Waals surface area contributed by atoms with Gasteiger partial charge in [0.15, 0.2) is 11.5 Å². The first kappa shape index (κ1) is 13.5. The minimum absolute atomic E-state index is 0.0243. The second-order valence-corrected chi connectivity index (χ2v) is 3.82.